The van der Waals surface area contributed by atoms with E-state index in [1.165, 1.54) is 0 Å². The van der Waals surface area contributed by atoms with Gasteiger partial charge < -0.3 is 15.5 Å². The van der Waals surface area contributed by atoms with Gasteiger partial charge in [0.25, 0.3) is 0 Å². The van der Waals surface area contributed by atoms with Crippen LogP contribution in [-0.2, 0) is 6.54 Å². The van der Waals surface area contributed by atoms with E-state index in [1.54, 1.807) is 24.3 Å². The maximum absolute atomic E-state index is 11.9. The van der Waals surface area contributed by atoms with Crippen molar-refractivity contribution in [2.45, 2.75) is 13.5 Å². The third-order valence-electron chi connectivity index (χ3n) is 2.87. The number of urea groups is 1. The molecule has 7 heteroatoms. The highest BCUT2D eigenvalue weighted by atomic mass is 35.5. The Labute approximate surface area is 134 Å². The first-order chi connectivity index (χ1) is 10.5. The molecule has 22 heavy (non-hydrogen) atoms. The third-order valence-corrected chi connectivity index (χ3v) is 3.20. The normalized spacial score (nSPS) is 10.2. The van der Waals surface area contributed by atoms with Gasteiger partial charge in [0.05, 0.1) is 17.3 Å². The van der Waals surface area contributed by atoms with Gasteiger partial charge in [0.15, 0.2) is 0 Å². The summed E-state index contributed by atoms with van der Waals surface area (Å²) in [7, 11) is 3.81. The SMILES string of the molecule is Cc1cc(N(C)C)nc(CNC(=O)Nc2ccccc2Cl)n1. The molecule has 0 unspecified atom stereocenters. The summed E-state index contributed by atoms with van der Waals surface area (Å²) in [5.41, 5.74) is 1.41. The van der Waals surface area contributed by atoms with Gasteiger partial charge in [0.2, 0.25) is 0 Å². The number of anilines is 2. The Balaban J connectivity index is 1.98. The molecule has 2 amide bonds. The van der Waals surface area contributed by atoms with E-state index in [0.29, 0.717) is 16.5 Å². The number of amides is 2. The second-order valence-corrected chi connectivity index (χ2v) is 5.37. The van der Waals surface area contributed by atoms with Crippen molar-refractivity contribution in [2.24, 2.45) is 0 Å². The van der Waals surface area contributed by atoms with Crippen LogP contribution in [0, 0.1) is 6.92 Å². The molecular formula is C15H18ClN5O. The average molecular weight is 320 g/mol. The molecule has 0 saturated carbocycles. The second-order valence-electron chi connectivity index (χ2n) is 4.97. The minimum atomic E-state index is -0.357. The van der Waals surface area contributed by atoms with Crippen LogP contribution in [0.15, 0.2) is 30.3 Å². The highest BCUT2D eigenvalue weighted by Crippen LogP contribution is 2.20. The lowest BCUT2D eigenvalue weighted by atomic mass is 10.3. The standard InChI is InChI=1S/C15H18ClN5O/c1-10-8-14(21(2)3)20-13(18-10)9-17-15(22)19-12-7-5-4-6-11(12)16/h4-8H,9H2,1-3H3,(H2,17,19,22). The Hall–Kier alpha value is -2.34. The second kappa shape index (κ2) is 7.09. The summed E-state index contributed by atoms with van der Waals surface area (Å²) in [6.45, 7) is 2.13. The molecule has 2 N–H and O–H groups in total. The molecule has 1 aromatic carbocycles. The number of rotatable bonds is 4. The monoisotopic (exact) mass is 319 g/mol. The van der Waals surface area contributed by atoms with Crippen LogP contribution < -0.4 is 15.5 Å². The predicted octanol–water partition coefficient (Wildman–Crippen LogP) is 2.83. The molecule has 0 radical (unpaired) electrons. The summed E-state index contributed by atoms with van der Waals surface area (Å²) in [5, 5.41) is 5.89. The van der Waals surface area contributed by atoms with Crippen molar-refractivity contribution in [2.75, 3.05) is 24.3 Å². The number of benzene rings is 1. The average Bonchev–Trinajstić information content (AvgIpc) is 2.47. The van der Waals surface area contributed by atoms with Gasteiger partial charge in [-0.2, -0.15) is 0 Å². The summed E-state index contributed by atoms with van der Waals surface area (Å²) in [4.78, 5) is 22.5. The van der Waals surface area contributed by atoms with Crippen LogP contribution in [-0.4, -0.2) is 30.1 Å². The van der Waals surface area contributed by atoms with Crippen LogP contribution in [0.4, 0.5) is 16.3 Å². The predicted molar refractivity (Wildman–Crippen MR) is 88.4 cm³/mol. The Kier molecular flexibility index (Phi) is 5.16. The molecule has 0 atom stereocenters. The fourth-order valence-electron chi connectivity index (χ4n) is 1.81. The fraction of sp³-hybridized carbons (Fsp3) is 0.267. The molecular weight excluding hydrogens is 302 g/mol. The molecule has 1 aromatic heterocycles. The van der Waals surface area contributed by atoms with E-state index >= 15 is 0 Å². The number of hydrogen-bond donors (Lipinski definition) is 2. The molecule has 2 rings (SSSR count). The number of carbonyl (C=O) groups is 1. The summed E-state index contributed by atoms with van der Waals surface area (Å²) >= 11 is 5.99. The van der Waals surface area contributed by atoms with Crippen molar-refractivity contribution >= 4 is 29.1 Å². The van der Waals surface area contributed by atoms with E-state index in [0.717, 1.165) is 11.5 Å². The maximum atomic E-state index is 11.9. The van der Waals surface area contributed by atoms with Crippen molar-refractivity contribution in [3.63, 3.8) is 0 Å². The van der Waals surface area contributed by atoms with E-state index in [9.17, 15) is 4.79 Å². The number of halogens is 1. The molecule has 0 fully saturated rings. The quantitative estimate of drug-likeness (QED) is 0.909. The van der Waals surface area contributed by atoms with Crippen molar-refractivity contribution in [3.8, 4) is 0 Å². The van der Waals surface area contributed by atoms with Crippen LogP contribution in [0.1, 0.15) is 11.5 Å². The van der Waals surface area contributed by atoms with Crippen LogP contribution >= 0.6 is 11.6 Å². The number of nitrogens with zero attached hydrogens (tertiary/aromatic N) is 3. The first-order valence-corrected chi connectivity index (χ1v) is 7.15. The van der Waals surface area contributed by atoms with Gasteiger partial charge >= 0.3 is 6.03 Å². The number of nitrogens with one attached hydrogen (secondary N) is 2. The van der Waals surface area contributed by atoms with Gasteiger partial charge in [-0.15, -0.1) is 0 Å². The van der Waals surface area contributed by atoms with Crippen molar-refractivity contribution < 1.29 is 4.79 Å². The van der Waals surface area contributed by atoms with Crippen molar-refractivity contribution in [1.82, 2.24) is 15.3 Å². The molecule has 0 spiro atoms. The van der Waals surface area contributed by atoms with Crippen LogP contribution in [0.3, 0.4) is 0 Å². The Bertz CT molecular complexity index is 675. The Morgan fingerprint density at radius 2 is 2.00 bits per heavy atom. The van der Waals surface area contributed by atoms with Crippen molar-refractivity contribution in [1.29, 1.82) is 0 Å². The molecule has 1 heterocycles. The zero-order chi connectivity index (χ0) is 16.1. The molecule has 116 valence electrons. The lowest BCUT2D eigenvalue weighted by molar-refractivity contribution is 0.251. The van der Waals surface area contributed by atoms with Gasteiger partial charge in [-0.05, 0) is 19.1 Å². The van der Waals surface area contributed by atoms with Crippen LogP contribution in [0.5, 0.6) is 0 Å². The molecule has 0 bridgehead atoms. The molecule has 0 aliphatic carbocycles. The molecule has 0 aliphatic heterocycles. The van der Waals surface area contributed by atoms with E-state index in [-0.39, 0.29) is 12.6 Å². The van der Waals surface area contributed by atoms with Crippen LogP contribution in [0.2, 0.25) is 5.02 Å². The highest BCUT2D eigenvalue weighted by Gasteiger charge is 2.07. The van der Waals surface area contributed by atoms with E-state index in [4.69, 9.17) is 11.6 Å². The topological polar surface area (TPSA) is 70.2 Å². The maximum Gasteiger partial charge on any atom is 0.319 e. The van der Waals surface area contributed by atoms with Gasteiger partial charge in [-0.25, -0.2) is 14.8 Å². The largest absolute Gasteiger partial charge is 0.363 e. The first-order valence-electron chi connectivity index (χ1n) is 6.77. The lowest BCUT2D eigenvalue weighted by Gasteiger charge is -2.13. The van der Waals surface area contributed by atoms with Gasteiger partial charge in [0, 0.05) is 25.9 Å². The number of hydrogen-bond acceptors (Lipinski definition) is 4. The fourth-order valence-corrected chi connectivity index (χ4v) is 1.99. The highest BCUT2D eigenvalue weighted by molar-refractivity contribution is 6.33. The number of aromatic nitrogens is 2. The molecule has 0 saturated heterocycles. The number of aryl methyl sites for hydroxylation is 1. The van der Waals surface area contributed by atoms with E-state index in [1.807, 2.05) is 32.0 Å². The van der Waals surface area contributed by atoms with Gasteiger partial charge in [-0.1, -0.05) is 23.7 Å². The first kappa shape index (κ1) is 16.0. The van der Waals surface area contributed by atoms with E-state index in [2.05, 4.69) is 20.6 Å². The summed E-state index contributed by atoms with van der Waals surface area (Å²) in [6, 6.07) is 8.57. The van der Waals surface area contributed by atoms with Crippen molar-refractivity contribution in [3.05, 3.63) is 46.9 Å². The number of carbonyl (C=O) groups excluding carboxylic acids is 1. The minimum Gasteiger partial charge on any atom is -0.363 e. The molecule has 2 aromatic rings. The van der Waals surface area contributed by atoms with Gasteiger partial charge in [-0.3, -0.25) is 0 Å². The summed E-state index contributed by atoms with van der Waals surface area (Å²) in [5.74, 6) is 1.36. The minimum absolute atomic E-state index is 0.235. The van der Waals surface area contributed by atoms with Gasteiger partial charge in [0.1, 0.15) is 11.6 Å². The zero-order valence-electron chi connectivity index (χ0n) is 12.7. The zero-order valence-corrected chi connectivity index (χ0v) is 13.5. The lowest BCUT2D eigenvalue weighted by Crippen LogP contribution is -2.29. The van der Waals surface area contributed by atoms with Crippen LogP contribution in [0.25, 0.3) is 0 Å². The summed E-state index contributed by atoms with van der Waals surface area (Å²) in [6.07, 6.45) is 0. The number of para-hydroxylation sites is 1. The molecule has 6 nitrogen and oxygen atoms in total. The third kappa shape index (κ3) is 4.33. The Morgan fingerprint density at radius 3 is 2.68 bits per heavy atom. The summed E-state index contributed by atoms with van der Waals surface area (Å²) < 4.78 is 0. The Morgan fingerprint density at radius 1 is 1.27 bits per heavy atom. The smallest absolute Gasteiger partial charge is 0.319 e. The molecule has 0 aliphatic rings. The van der Waals surface area contributed by atoms with E-state index < -0.39 is 0 Å².